The maximum absolute atomic E-state index is 9.45. The fraction of sp³-hybridized carbons (Fsp3) is 1.00. The lowest BCUT2D eigenvalue weighted by Crippen LogP contribution is -2.06. The van der Waals surface area contributed by atoms with Gasteiger partial charge in [0.15, 0.2) is 0 Å². The van der Waals surface area contributed by atoms with Crippen molar-refractivity contribution in [3.63, 3.8) is 0 Å². The topological polar surface area (TPSA) is 20.2 Å². The van der Waals surface area contributed by atoms with Gasteiger partial charge in [-0.15, -0.1) is 0 Å². The summed E-state index contributed by atoms with van der Waals surface area (Å²) in [5, 5.41) is 9.45. The number of unbranched alkanes of at least 4 members (excludes halogenated alkanes) is 3. The van der Waals surface area contributed by atoms with Crippen molar-refractivity contribution in [2.75, 3.05) is 5.75 Å². The predicted molar refractivity (Wildman–Crippen MR) is 57.9 cm³/mol. The maximum Gasteiger partial charge on any atom is 0.0540 e. The zero-order valence-corrected chi connectivity index (χ0v) is 9.02. The Bertz CT molecular complexity index is 85.9. The summed E-state index contributed by atoms with van der Waals surface area (Å²) in [5.41, 5.74) is 0. The molecular formula is C10H22OS. The van der Waals surface area contributed by atoms with Crippen LogP contribution in [0.15, 0.2) is 0 Å². The Labute approximate surface area is 82.0 Å². The van der Waals surface area contributed by atoms with Crippen molar-refractivity contribution < 1.29 is 5.11 Å². The van der Waals surface area contributed by atoms with Gasteiger partial charge in [0.05, 0.1) is 6.10 Å². The predicted octanol–water partition coefficient (Wildman–Crippen LogP) is 3.03. The van der Waals surface area contributed by atoms with Crippen molar-refractivity contribution >= 4 is 12.6 Å². The average molecular weight is 190 g/mol. The summed E-state index contributed by atoms with van der Waals surface area (Å²) in [6.45, 7) is 2.21. The van der Waals surface area contributed by atoms with E-state index in [2.05, 4.69) is 19.6 Å². The fourth-order valence-electron chi connectivity index (χ4n) is 1.28. The summed E-state index contributed by atoms with van der Waals surface area (Å²) < 4.78 is 0. The van der Waals surface area contributed by atoms with Crippen molar-refractivity contribution in [3.05, 3.63) is 0 Å². The van der Waals surface area contributed by atoms with Crippen LogP contribution in [0.5, 0.6) is 0 Å². The molecule has 0 radical (unpaired) electrons. The smallest absolute Gasteiger partial charge is 0.0540 e. The molecule has 1 nitrogen and oxygen atoms in total. The second kappa shape index (κ2) is 9.40. The van der Waals surface area contributed by atoms with Gasteiger partial charge in [-0.1, -0.05) is 32.6 Å². The summed E-state index contributed by atoms with van der Waals surface area (Å²) in [7, 11) is 0. The van der Waals surface area contributed by atoms with Crippen molar-refractivity contribution in [3.8, 4) is 0 Å². The van der Waals surface area contributed by atoms with Gasteiger partial charge in [-0.2, -0.15) is 12.6 Å². The third kappa shape index (κ3) is 8.41. The van der Waals surface area contributed by atoms with Crippen LogP contribution in [-0.2, 0) is 0 Å². The largest absolute Gasteiger partial charge is 0.393 e. The summed E-state index contributed by atoms with van der Waals surface area (Å²) in [5.74, 6) is 0.895. The molecule has 0 aliphatic heterocycles. The van der Waals surface area contributed by atoms with Gasteiger partial charge in [0.25, 0.3) is 0 Å². The zero-order valence-electron chi connectivity index (χ0n) is 8.13. The highest BCUT2D eigenvalue weighted by Gasteiger charge is 2.01. The van der Waals surface area contributed by atoms with Crippen LogP contribution in [0.2, 0.25) is 0 Å². The molecule has 0 aromatic heterocycles. The normalized spacial score (nSPS) is 13.2. The Morgan fingerprint density at radius 2 is 1.75 bits per heavy atom. The van der Waals surface area contributed by atoms with E-state index in [4.69, 9.17) is 0 Å². The Kier molecular flexibility index (Phi) is 9.64. The van der Waals surface area contributed by atoms with Crippen LogP contribution >= 0.6 is 12.6 Å². The Hall–Kier alpha value is 0.310. The van der Waals surface area contributed by atoms with E-state index in [1.54, 1.807) is 0 Å². The lowest BCUT2D eigenvalue weighted by atomic mass is 10.1. The van der Waals surface area contributed by atoms with E-state index in [1.165, 1.54) is 25.7 Å². The molecule has 0 bridgehead atoms. The highest BCUT2D eigenvalue weighted by atomic mass is 32.1. The molecule has 0 rings (SSSR count). The monoisotopic (exact) mass is 190 g/mol. The molecule has 0 aliphatic carbocycles. The molecule has 0 unspecified atom stereocenters. The maximum atomic E-state index is 9.45. The van der Waals surface area contributed by atoms with E-state index in [0.717, 1.165) is 25.0 Å². The van der Waals surface area contributed by atoms with Crippen LogP contribution in [0.1, 0.15) is 51.9 Å². The molecule has 0 fully saturated rings. The van der Waals surface area contributed by atoms with Crippen LogP contribution in [-0.4, -0.2) is 17.0 Å². The Morgan fingerprint density at radius 1 is 1.08 bits per heavy atom. The molecule has 2 heteroatoms. The van der Waals surface area contributed by atoms with E-state index < -0.39 is 0 Å². The second-order valence-corrected chi connectivity index (χ2v) is 3.82. The summed E-state index contributed by atoms with van der Waals surface area (Å²) >= 11 is 4.11. The van der Waals surface area contributed by atoms with Crippen molar-refractivity contribution in [1.29, 1.82) is 0 Å². The standard InChI is InChI=1S/C10H22OS/c1-2-3-4-5-7-10(11)8-6-9-12/h10-12H,2-9H2,1H3/t10-/m1/s1. The molecule has 0 saturated carbocycles. The minimum atomic E-state index is -0.0750. The summed E-state index contributed by atoms with van der Waals surface area (Å²) in [6, 6.07) is 0. The molecular weight excluding hydrogens is 168 g/mol. The molecule has 74 valence electrons. The third-order valence-corrected chi connectivity index (χ3v) is 2.40. The highest BCUT2D eigenvalue weighted by molar-refractivity contribution is 7.80. The number of rotatable bonds is 8. The second-order valence-electron chi connectivity index (χ2n) is 3.37. The van der Waals surface area contributed by atoms with Gasteiger partial charge in [-0.3, -0.25) is 0 Å². The van der Waals surface area contributed by atoms with Crippen LogP contribution in [0, 0.1) is 0 Å². The molecule has 0 aromatic carbocycles. The van der Waals surface area contributed by atoms with Gasteiger partial charge >= 0.3 is 0 Å². The van der Waals surface area contributed by atoms with Crippen molar-refractivity contribution in [2.45, 2.75) is 58.0 Å². The summed E-state index contributed by atoms with van der Waals surface area (Å²) in [4.78, 5) is 0. The van der Waals surface area contributed by atoms with Gasteiger partial charge < -0.3 is 5.11 Å². The van der Waals surface area contributed by atoms with E-state index in [9.17, 15) is 5.11 Å². The van der Waals surface area contributed by atoms with Gasteiger partial charge in [-0.25, -0.2) is 0 Å². The average Bonchev–Trinajstić information content (AvgIpc) is 2.09. The molecule has 0 aliphatic rings. The van der Waals surface area contributed by atoms with Gasteiger partial charge in [0, 0.05) is 0 Å². The van der Waals surface area contributed by atoms with E-state index >= 15 is 0 Å². The first-order chi connectivity index (χ1) is 5.81. The van der Waals surface area contributed by atoms with Crippen LogP contribution < -0.4 is 0 Å². The number of aliphatic hydroxyl groups is 1. The molecule has 1 N–H and O–H groups in total. The van der Waals surface area contributed by atoms with E-state index in [1.807, 2.05) is 0 Å². The van der Waals surface area contributed by atoms with Crippen LogP contribution in [0.3, 0.4) is 0 Å². The SMILES string of the molecule is CCCCCC[C@@H](O)CCCS. The number of aliphatic hydroxyl groups excluding tert-OH is 1. The minimum absolute atomic E-state index is 0.0750. The molecule has 1 atom stereocenters. The molecule has 0 aromatic rings. The van der Waals surface area contributed by atoms with Crippen LogP contribution in [0.25, 0.3) is 0 Å². The molecule has 0 saturated heterocycles. The van der Waals surface area contributed by atoms with Gasteiger partial charge in [-0.05, 0) is 25.0 Å². The first-order valence-electron chi connectivity index (χ1n) is 5.10. The van der Waals surface area contributed by atoms with Gasteiger partial charge in [0.2, 0.25) is 0 Å². The first-order valence-corrected chi connectivity index (χ1v) is 5.73. The molecule has 0 heterocycles. The van der Waals surface area contributed by atoms with Crippen molar-refractivity contribution in [1.82, 2.24) is 0 Å². The third-order valence-electron chi connectivity index (χ3n) is 2.09. The quantitative estimate of drug-likeness (QED) is 0.445. The zero-order chi connectivity index (χ0) is 9.23. The van der Waals surface area contributed by atoms with Crippen molar-refractivity contribution in [2.24, 2.45) is 0 Å². The van der Waals surface area contributed by atoms with Gasteiger partial charge in [0.1, 0.15) is 0 Å². The molecule has 12 heavy (non-hydrogen) atoms. The Morgan fingerprint density at radius 3 is 2.33 bits per heavy atom. The summed E-state index contributed by atoms with van der Waals surface area (Å²) in [6.07, 6.45) is 7.90. The lowest BCUT2D eigenvalue weighted by molar-refractivity contribution is 0.150. The lowest BCUT2D eigenvalue weighted by Gasteiger charge is -2.08. The number of hydrogen-bond donors (Lipinski definition) is 2. The molecule has 0 spiro atoms. The minimum Gasteiger partial charge on any atom is -0.393 e. The Balaban J connectivity index is 3.02. The molecule has 0 amide bonds. The number of hydrogen-bond acceptors (Lipinski definition) is 2. The number of thiol groups is 1. The fourth-order valence-corrected chi connectivity index (χ4v) is 1.46. The van der Waals surface area contributed by atoms with E-state index in [0.29, 0.717) is 0 Å². The highest BCUT2D eigenvalue weighted by Crippen LogP contribution is 2.09. The first kappa shape index (κ1) is 12.3. The van der Waals surface area contributed by atoms with E-state index in [-0.39, 0.29) is 6.10 Å². The van der Waals surface area contributed by atoms with Crippen LogP contribution in [0.4, 0.5) is 0 Å².